The quantitative estimate of drug-likeness (QED) is 0.652. The van der Waals surface area contributed by atoms with E-state index in [0.717, 1.165) is 24.1 Å². The number of amides is 1. The summed E-state index contributed by atoms with van der Waals surface area (Å²) in [5.41, 5.74) is 2.52. The van der Waals surface area contributed by atoms with Gasteiger partial charge in [0.1, 0.15) is 5.69 Å². The molecular formula is C20H23N5O3. The summed E-state index contributed by atoms with van der Waals surface area (Å²) < 4.78 is 12.6. The van der Waals surface area contributed by atoms with E-state index in [0.29, 0.717) is 5.69 Å². The average Bonchev–Trinajstić information content (AvgIpc) is 3.36. The molecule has 8 nitrogen and oxygen atoms in total. The number of nitrogens with zero attached hydrogens (tertiary/aromatic N) is 5. The molecule has 0 spiro atoms. The van der Waals surface area contributed by atoms with Gasteiger partial charge in [0.2, 0.25) is 5.76 Å². The van der Waals surface area contributed by atoms with Crippen molar-refractivity contribution < 1.29 is 14.1 Å². The molecule has 1 atom stereocenters. The summed E-state index contributed by atoms with van der Waals surface area (Å²) >= 11 is 0. The van der Waals surface area contributed by atoms with Crippen molar-refractivity contribution in [3.8, 4) is 11.3 Å². The van der Waals surface area contributed by atoms with Gasteiger partial charge in [-0.25, -0.2) is 4.68 Å². The molecule has 0 unspecified atom stereocenters. The van der Waals surface area contributed by atoms with Gasteiger partial charge in [0.15, 0.2) is 0 Å². The molecule has 146 valence electrons. The first-order chi connectivity index (χ1) is 13.6. The molecule has 4 rings (SSSR count). The maximum absolute atomic E-state index is 12.8. The minimum atomic E-state index is -0.165. The van der Waals surface area contributed by atoms with Gasteiger partial charge in [0.25, 0.3) is 5.91 Å². The third kappa shape index (κ3) is 3.31. The largest absolute Gasteiger partial charge is 0.375 e. The standard InChI is InChI=1S/C20H23N5O3/c1-13(27-3)18-12-21-23-25(18)16-9-15(10-16)24(2)20(26)19-11-17(22-28-19)14-7-5-4-6-8-14/h4-8,11-13,15-16H,9-10H2,1-3H3/t13-,15?,16?/m1/s1. The van der Waals surface area contributed by atoms with Gasteiger partial charge in [-0.2, -0.15) is 0 Å². The van der Waals surface area contributed by atoms with E-state index >= 15 is 0 Å². The Balaban J connectivity index is 1.40. The molecular weight excluding hydrogens is 358 g/mol. The zero-order valence-electron chi connectivity index (χ0n) is 16.1. The number of rotatable bonds is 6. The minimum absolute atomic E-state index is 0.0704. The first-order valence-electron chi connectivity index (χ1n) is 9.30. The average molecular weight is 381 g/mol. The van der Waals surface area contributed by atoms with Crippen molar-refractivity contribution in [2.24, 2.45) is 0 Å². The van der Waals surface area contributed by atoms with E-state index in [2.05, 4.69) is 15.5 Å². The molecule has 0 saturated heterocycles. The molecule has 0 radical (unpaired) electrons. The van der Waals surface area contributed by atoms with Crippen molar-refractivity contribution >= 4 is 5.91 Å². The van der Waals surface area contributed by atoms with Crippen LogP contribution >= 0.6 is 0 Å². The van der Waals surface area contributed by atoms with Gasteiger partial charge in [-0.1, -0.05) is 40.7 Å². The van der Waals surface area contributed by atoms with Crippen LogP contribution in [0.2, 0.25) is 0 Å². The Morgan fingerprint density at radius 1 is 1.32 bits per heavy atom. The molecule has 1 aliphatic carbocycles. The highest BCUT2D eigenvalue weighted by Crippen LogP contribution is 2.37. The second-order valence-electron chi connectivity index (χ2n) is 7.12. The Hall–Kier alpha value is -3.00. The third-order valence-electron chi connectivity index (χ3n) is 5.47. The van der Waals surface area contributed by atoms with E-state index in [4.69, 9.17) is 9.26 Å². The predicted octanol–water partition coefficient (Wildman–Crippen LogP) is 3.12. The first kappa shape index (κ1) is 18.4. The molecule has 0 N–H and O–H groups in total. The molecule has 0 bridgehead atoms. The summed E-state index contributed by atoms with van der Waals surface area (Å²) in [6, 6.07) is 11.7. The minimum Gasteiger partial charge on any atom is -0.375 e. The van der Waals surface area contributed by atoms with Gasteiger partial charge < -0.3 is 14.2 Å². The van der Waals surface area contributed by atoms with Crippen LogP contribution < -0.4 is 0 Å². The summed E-state index contributed by atoms with van der Waals surface area (Å²) in [6.07, 6.45) is 3.29. The lowest BCUT2D eigenvalue weighted by Crippen LogP contribution is -2.46. The number of hydrogen-bond acceptors (Lipinski definition) is 6. The summed E-state index contributed by atoms with van der Waals surface area (Å²) in [7, 11) is 3.47. The number of benzene rings is 1. The van der Waals surface area contributed by atoms with Crippen LogP contribution in [0.4, 0.5) is 0 Å². The van der Waals surface area contributed by atoms with Gasteiger partial charge in [-0.3, -0.25) is 4.79 Å². The summed E-state index contributed by atoms with van der Waals surface area (Å²) in [4.78, 5) is 14.5. The third-order valence-corrected chi connectivity index (χ3v) is 5.47. The number of methoxy groups -OCH3 is 1. The SMILES string of the molecule is CO[C@H](C)c1cnnn1C1CC(N(C)C(=O)c2cc(-c3ccccc3)no2)C1. The topological polar surface area (TPSA) is 86.3 Å². The van der Waals surface area contributed by atoms with Crippen LogP contribution in [-0.2, 0) is 4.74 Å². The molecule has 3 aromatic rings. The number of carbonyl (C=O) groups is 1. The van der Waals surface area contributed by atoms with Crippen LogP contribution in [-0.4, -0.2) is 51.2 Å². The summed E-state index contributed by atoms with van der Waals surface area (Å²) in [6.45, 7) is 1.97. The highest BCUT2D eigenvalue weighted by Gasteiger charge is 2.38. The molecule has 28 heavy (non-hydrogen) atoms. The second-order valence-corrected chi connectivity index (χ2v) is 7.12. The van der Waals surface area contributed by atoms with Crippen LogP contribution in [0.5, 0.6) is 0 Å². The van der Waals surface area contributed by atoms with Crippen LogP contribution in [0.1, 0.15) is 48.2 Å². The highest BCUT2D eigenvalue weighted by atomic mass is 16.5. The normalized spacial score (nSPS) is 19.8. The van der Waals surface area contributed by atoms with Crippen molar-refractivity contribution in [1.82, 2.24) is 25.1 Å². The van der Waals surface area contributed by atoms with E-state index in [-0.39, 0.29) is 29.9 Å². The number of hydrogen-bond donors (Lipinski definition) is 0. The lowest BCUT2D eigenvalue weighted by molar-refractivity contribution is 0.0478. The Bertz CT molecular complexity index is 946. The fourth-order valence-corrected chi connectivity index (χ4v) is 3.48. The van der Waals surface area contributed by atoms with E-state index in [9.17, 15) is 4.79 Å². The number of carbonyl (C=O) groups excluding carboxylic acids is 1. The maximum Gasteiger partial charge on any atom is 0.292 e. The molecule has 2 heterocycles. The van der Waals surface area contributed by atoms with Gasteiger partial charge >= 0.3 is 0 Å². The van der Waals surface area contributed by atoms with E-state index in [1.54, 1.807) is 31.3 Å². The Labute approximate surface area is 163 Å². The summed E-state index contributed by atoms with van der Waals surface area (Å²) in [5, 5.41) is 12.2. The summed E-state index contributed by atoms with van der Waals surface area (Å²) in [5.74, 6) is 0.0847. The number of aromatic nitrogens is 4. The van der Waals surface area contributed by atoms with Crippen molar-refractivity contribution in [2.45, 2.75) is 38.0 Å². The molecule has 1 aliphatic rings. The Morgan fingerprint density at radius 3 is 2.79 bits per heavy atom. The van der Waals surface area contributed by atoms with Gasteiger partial charge in [-0.05, 0) is 19.8 Å². The fraction of sp³-hybridized carbons (Fsp3) is 0.400. The number of ether oxygens (including phenoxy) is 1. The molecule has 1 amide bonds. The predicted molar refractivity (Wildman–Crippen MR) is 102 cm³/mol. The van der Waals surface area contributed by atoms with Gasteiger partial charge in [-0.15, -0.1) is 5.10 Å². The van der Waals surface area contributed by atoms with E-state index in [1.165, 1.54) is 0 Å². The van der Waals surface area contributed by atoms with Crippen molar-refractivity contribution in [3.05, 3.63) is 54.0 Å². The first-order valence-corrected chi connectivity index (χ1v) is 9.30. The van der Waals surface area contributed by atoms with E-state index < -0.39 is 0 Å². The fourth-order valence-electron chi connectivity index (χ4n) is 3.48. The lowest BCUT2D eigenvalue weighted by Gasteiger charge is -2.41. The van der Waals surface area contributed by atoms with E-state index in [1.807, 2.05) is 41.9 Å². The van der Waals surface area contributed by atoms with Gasteiger partial charge in [0.05, 0.1) is 24.0 Å². The van der Waals surface area contributed by atoms with Crippen LogP contribution in [0.15, 0.2) is 47.1 Å². The molecule has 1 fully saturated rings. The Kier molecular flexibility index (Phi) is 4.95. The molecule has 1 saturated carbocycles. The maximum atomic E-state index is 12.8. The monoisotopic (exact) mass is 381 g/mol. The van der Waals surface area contributed by atoms with Gasteiger partial charge in [0, 0.05) is 31.8 Å². The smallest absolute Gasteiger partial charge is 0.292 e. The highest BCUT2D eigenvalue weighted by molar-refractivity contribution is 5.92. The molecule has 1 aromatic carbocycles. The second kappa shape index (κ2) is 7.55. The van der Waals surface area contributed by atoms with Crippen molar-refractivity contribution in [2.75, 3.05) is 14.2 Å². The van der Waals surface area contributed by atoms with Crippen LogP contribution in [0, 0.1) is 0 Å². The molecule has 0 aliphatic heterocycles. The van der Waals surface area contributed by atoms with Crippen molar-refractivity contribution in [3.63, 3.8) is 0 Å². The lowest BCUT2D eigenvalue weighted by atomic mass is 9.85. The molecule has 8 heteroatoms. The zero-order valence-corrected chi connectivity index (χ0v) is 16.1. The molecule has 2 aromatic heterocycles. The Morgan fingerprint density at radius 2 is 2.07 bits per heavy atom. The zero-order chi connectivity index (χ0) is 19.7. The van der Waals surface area contributed by atoms with Crippen LogP contribution in [0.25, 0.3) is 11.3 Å². The van der Waals surface area contributed by atoms with Crippen molar-refractivity contribution in [1.29, 1.82) is 0 Å². The van der Waals surface area contributed by atoms with Crippen LogP contribution in [0.3, 0.4) is 0 Å².